The topological polar surface area (TPSA) is 35.9 Å². The number of piperazine rings is 1. The minimum absolute atomic E-state index is 0.234. The van der Waals surface area contributed by atoms with Crippen molar-refractivity contribution in [1.82, 2.24) is 9.80 Å². The van der Waals surface area contributed by atoms with Gasteiger partial charge in [0.1, 0.15) is 12.4 Å². The smallest absolute Gasteiger partial charge is 0.138 e. The summed E-state index contributed by atoms with van der Waals surface area (Å²) < 4.78 is 5.68. The Hall–Kier alpha value is -0.520. The fourth-order valence-electron chi connectivity index (χ4n) is 2.25. The second kappa shape index (κ2) is 8.05. The van der Waals surface area contributed by atoms with E-state index in [1.165, 1.54) is 0 Å². The molecule has 1 fully saturated rings. The molecule has 0 unspecified atom stereocenters. The first kappa shape index (κ1) is 15.9. The van der Waals surface area contributed by atoms with Crippen LogP contribution in [0.15, 0.2) is 18.2 Å². The van der Waals surface area contributed by atoms with Gasteiger partial charge < -0.3 is 9.84 Å². The molecular formula is C14H20Cl2N2O2. The molecule has 1 saturated heterocycles. The molecule has 1 heterocycles. The van der Waals surface area contributed by atoms with Crippen molar-refractivity contribution < 1.29 is 9.84 Å². The van der Waals surface area contributed by atoms with E-state index in [2.05, 4.69) is 9.80 Å². The molecule has 1 aliphatic heterocycles. The van der Waals surface area contributed by atoms with Crippen LogP contribution in [0.4, 0.5) is 0 Å². The maximum atomic E-state index is 8.90. The summed E-state index contributed by atoms with van der Waals surface area (Å²) in [6.45, 7) is 6.52. The first-order valence-electron chi connectivity index (χ1n) is 6.82. The van der Waals surface area contributed by atoms with Crippen molar-refractivity contribution in [2.24, 2.45) is 0 Å². The van der Waals surface area contributed by atoms with Crippen molar-refractivity contribution in [3.8, 4) is 5.75 Å². The molecule has 0 amide bonds. The average molecular weight is 319 g/mol. The number of β-amino-alcohol motifs (C(OH)–C–C–N with tert-alkyl or cyclic N) is 1. The van der Waals surface area contributed by atoms with Crippen molar-refractivity contribution in [2.75, 3.05) is 52.5 Å². The van der Waals surface area contributed by atoms with Gasteiger partial charge in [0.05, 0.1) is 11.6 Å². The van der Waals surface area contributed by atoms with E-state index in [1.54, 1.807) is 18.2 Å². The van der Waals surface area contributed by atoms with Crippen molar-refractivity contribution in [3.63, 3.8) is 0 Å². The predicted octanol–water partition coefficient (Wildman–Crippen LogP) is 1.98. The van der Waals surface area contributed by atoms with Crippen LogP contribution in [0.25, 0.3) is 0 Å². The van der Waals surface area contributed by atoms with Gasteiger partial charge in [-0.2, -0.15) is 0 Å². The molecule has 0 radical (unpaired) electrons. The van der Waals surface area contributed by atoms with Crippen LogP contribution in [-0.2, 0) is 0 Å². The van der Waals surface area contributed by atoms with Crippen LogP contribution in [0, 0.1) is 0 Å². The van der Waals surface area contributed by atoms with Crippen molar-refractivity contribution in [2.45, 2.75) is 0 Å². The molecule has 4 nitrogen and oxygen atoms in total. The highest BCUT2D eigenvalue weighted by Crippen LogP contribution is 2.27. The Bertz CT molecular complexity index is 424. The summed E-state index contributed by atoms with van der Waals surface area (Å²) in [7, 11) is 0. The van der Waals surface area contributed by atoms with Crippen LogP contribution in [0.5, 0.6) is 5.75 Å². The number of hydrogen-bond acceptors (Lipinski definition) is 4. The summed E-state index contributed by atoms with van der Waals surface area (Å²) in [6.07, 6.45) is 0. The van der Waals surface area contributed by atoms with Gasteiger partial charge in [-0.1, -0.05) is 23.2 Å². The lowest BCUT2D eigenvalue weighted by molar-refractivity contribution is 0.102. The first-order valence-corrected chi connectivity index (χ1v) is 7.58. The van der Waals surface area contributed by atoms with Crippen LogP contribution in [0.3, 0.4) is 0 Å². The molecule has 0 atom stereocenters. The van der Waals surface area contributed by atoms with Crippen molar-refractivity contribution in [3.05, 3.63) is 28.2 Å². The quantitative estimate of drug-likeness (QED) is 0.870. The monoisotopic (exact) mass is 318 g/mol. The van der Waals surface area contributed by atoms with Crippen LogP contribution in [-0.4, -0.2) is 67.4 Å². The fraction of sp³-hybridized carbons (Fsp3) is 0.571. The SMILES string of the molecule is OCCN1CCN(CCOc2ccc(Cl)cc2Cl)CC1. The van der Waals surface area contributed by atoms with Gasteiger partial charge in [0.25, 0.3) is 0 Å². The largest absolute Gasteiger partial charge is 0.491 e. The molecular weight excluding hydrogens is 299 g/mol. The Labute approximate surface area is 129 Å². The summed E-state index contributed by atoms with van der Waals surface area (Å²) in [5, 5.41) is 10.1. The maximum Gasteiger partial charge on any atom is 0.138 e. The number of rotatable bonds is 6. The number of halogens is 2. The van der Waals surface area contributed by atoms with Crippen LogP contribution < -0.4 is 4.74 Å². The van der Waals surface area contributed by atoms with E-state index < -0.39 is 0 Å². The normalized spacial score (nSPS) is 17.4. The maximum absolute atomic E-state index is 8.90. The van der Waals surface area contributed by atoms with Gasteiger partial charge in [-0.25, -0.2) is 0 Å². The Morgan fingerprint density at radius 3 is 2.30 bits per heavy atom. The highest BCUT2D eigenvalue weighted by Gasteiger charge is 2.16. The Morgan fingerprint density at radius 1 is 1.05 bits per heavy atom. The van der Waals surface area contributed by atoms with Crippen molar-refractivity contribution in [1.29, 1.82) is 0 Å². The van der Waals surface area contributed by atoms with E-state index >= 15 is 0 Å². The number of aliphatic hydroxyl groups is 1. The molecule has 0 aromatic heterocycles. The van der Waals surface area contributed by atoms with E-state index in [9.17, 15) is 0 Å². The van der Waals surface area contributed by atoms with Crippen molar-refractivity contribution >= 4 is 23.2 Å². The summed E-state index contributed by atoms with van der Waals surface area (Å²) in [5.74, 6) is 0.676. The standard InChI is InChI=1S/C14H20Cl2N2O2/c15-12-1-2-14(13(16)11-12)20-10-8-18-5-3-17(4-6-18)7-9-19/h1-2,11,19H,3-10H2. The molecule has 0 bridgehead atoms. The minimum atomic E-state index is 0.234. The zero-order chi connectivity index (χ0) is 14.4. The molecule has 112 valence electrons. The Morgan fingerprint density at radius 2 is 1.70 bits per heavy atom. The number of aliphatic hydroxyl groups excluding tert-OH is 1. The molecule has 0 saturated carbocycles. The summed E-state index contributed by atoms with van der Waals surface area (Å²) >= 11 is 11.9. The first-order chi connectivity index (χ1) is 9.69. The zero-order valence-electron chi connectivity index (χ0n) is 11.4. The number of nitrogens with zero attached hydrogens (tertiary/aromatic N) is 2. The molecule has 20 heavy (non-hydrogen) atoms. The van der Waals surface area contributed by atoms with Crippen LogP contribution >= 0.6 is 23.2 Å². The third-order valence-electron chi connectivity index (χ3n) is 3.44. The highest BCUT2D eigenvalue weighted by molar-refractivity contribution is 6.35. The van der Waals surface area contributed by atoms with Crippen LogP contribution in [0.2, 0.25) is 10.0 Å². The lowest BCUT2D eigenvalue weighted by Crippen LogP contribution is -2.48. The Balaban J connectivity index is 1.69. The van der Waals surface area contributed by atoms with Gasteiger partial charge in [0.2, 0.25) is 0 Å². The van der Waals surface area contributed by atoms with Gasteiger partial charge in [0, 0.05) is 44.3 Å². The second-order valence-corrected chi connectivity index (χ2v) is 5.67. The molecule has 6 heteroatoms. The highest BCUT2D eigenvalue weighted by atomic mass is 35.5. The molecule has 2 rings (SSSR count). The molecule has 0 aliphatic carbocycles. The predicted molar refractivity (Wildman–Crippen MR) is 81.9 cm³/mol. The second-order valence-electron chi connectivity index (χ2n) is 4.83. The third-order valence-corrected chi connectivity index (χ3v) is 3.97. The van der Waals surface area contributed by atoms with Crippen LogP contribution in [0.1, 0.15) is 0 Å². The molecule has 1 aromatic carbocycles. The van der Waals surface area contributed by atoms with Gasteiger partial charge in [-0.15, -0.1) is 0 Å². The lowest BCUT2D eigenvalue weighted by atomic mass is 10.3. The van der Waals surface area contributed by atoms with Gasteiger partial charge in [0.15, 0.2) is 0 Å². The lowest BCUT2D eigenvalue weighted by Gasteiger charge is -2.34. The van der Waals surface area contributed by atoms with E-state index in [0.29, 0.717) is 22.4 Å². The summed E-state index contributed by atoms with van der Waals surface area (Å²) in [6, 6.07) is 5.26. The number of benzene rings is 1. The Kier molecular flexibility index (Phi) is 6.39. The number of hydrogen-bond donors (Lipinski definition) is 1. The van der Waals surface area contributed by atoms with Gasteiger partial charge >= 0.3 is 0 Å². The summed E-state index contributed by atoms with van der Waals surface area (Å²) in [4.78, 5) is 4.63. The zero-order valence-corrected chi connectivity index (χ0v) is 12.9. The fourth-order valence-corrected chi connectivity index (χ4v) is 2.72. The van der Waals surface area contributed by atoms with Gasteiger partial charge in [-0.3, -0.25) is 9.80 Å². The third kappa shape index (κ3) is 4.79. The van der Waals surface area contributed by atoms with E-state index in [0.717, 1.165) is 39.3 Å². The van der Waals surface area contributed by atoms with Gasteiger partial charge in [-0.05, 0) is 18.2 Å². The van der Waals surface area contributed by atoms with E-state index in [4.69, 9.17) is 33.0 Å². The molecule has 1 aliphatic rings. The molecule has 1 aromatic rings. The van der Waals surface area contributed by atoms with E-state index in [-0.39, 0.29) is 6.61 Å². The molecule has 1 N–H and O–H groups in total. The number of ether oxygens (including phenoxy) is 1. The van der Waals surface area contributed by atoms with E-state index in [1.807, 2.05) is 0 Å². The molecule has 0 spiro atoms. The average Bonchev–Trinajstić information content (AvgIpc) is 2.43. The summed E-state index contributed by atoms with van der Waals surface area (Å²) in [5.41, 5.74) is 0. The minimum Gasteiger partial charge on any atom is -0.491 e.